The summed E-state index contributed by atoms with van der Waals surface area (Å²) in [7, 11) is 1.92. The van der Waals surface area contributed by atoms with E-state index in [2.05, 4.69) is 4.99 Å². The Balaban J connectivity index is 1.68. The first-order valence-electron chi connectivity index (χ1n) is 8.04. The van der Waals surface area contributed by atoms with Crippen LogP contribution in [0.25, 0.3) is 6.08 Å². The van der Waals surface area contributed by atoms with E-state index < -0.39 is 5.97 Å². The van der Waals surface area contributed by atoms with Crippen LogP contribution in [0, 0.1) is 0 Å². The number of aliphatic imine (C=N–C) groups is 1. The summed E-state index contributed by atoms with van der Waals surface area (Å²) in [5.41, 5.74) is 2.12. The van der Waals surface area contributed by atoms with Crippen LogP contribution in [0.3, 0.4) is 0 Å². The lowest BCUT2D eigenvalue weighted by atomic mass is 10.1. The van der Waals surface area contributed by atoms with Gasteiger partial charge in [-0.05, 0) is 35.2 Å². The Bertz CT molecular complexity index is 854. The lowest BCUT2D eigenvalue weighted by Crippen LogP contribution is -2.23. The Kier molecular flexibility index (Phi) is 5.48. The average molecular weight is 370 g/mol. The number of carbonyl (C=O) groups excluding carboxylic acids is 2. The van der Waals surface area contributed by atoms with Crippen molar-refractivity contribution in [2.24, 2.45) is 4.99 Å². The lowest BCUT2D eigenvalue weighted by molar-refractivity contribution is -0.140. The molecule has 0 spiro atoms. The summed E-state index contributed by atoms with van der Waals surface area (Å²) in [4.78, 5) is 29.9. The van der Waals surface area contributed by atoms with Gasteiger partial charge in [0.1, 0.15) is 6.61 Å². The van der Waals surface area contributed by atoms with Crippen LogP contribution in [0.5, 0.6) is 0 Å². The number of ether oxygens (including phenoxy) is 2. The van der Waals surface area contributed by atoms with Gasteiger partial charge in [0.2, 0.25) is 5.90 Å². The highest BCUT2D eigenvalue weighted by Crippen LogP contribution is 2.22. The molecule has 0 radical (unpaired) electrons. The molecular formula is C19H18N2O4S. The van der Waals surface area contributed by atoms with Crippen molar-refractivity contribution in [3.05, 3.63) is 57.9 Å². The van der Waals surface area contributed by atoms with Crippen molar-refractivity contribution >= 4 is 40.9 Å². The van der Waals surface area contributed by atoms with Crippen LogP contribution in [0.4, 0.5) is 5.69 Å². The first-order chi connectivity index (χ1) is 12.5. The third-order valence-electron chi connectivity index (χ3n) is 3.72. The molecule has 1 aliphatic rings. The number of benzene rings is 1. The maximum absolute atomic E-state index is 12.0. The average Bonchev–Trinajstić information content (AvgIpc) is 3.25. The highest BCUT2D eigenvalue weighted by Gasteiger charge is 2.24. The van der Waals surface area contributed by atoms with Crippen molar-refractivity contribution in [2.75, 3.05) is 25.1 Å². The predicted molar refractivity (Wildman–Crippen MR) is 101 cm³/mol. The molecule has 3 rings (SSSR count). The molecule has 0 bridgehead atoms. The van der Waals surface area contributed by atoms with Crippen molar-refractivity contribution < 1.29 is 19.1 Å². The number of cyclic esters (lactones) is 1. The summed E-state index contributed by atoms with van der Waals surface area (Å²) in [6.07, 6.45) is 1.70. The molecule has 0 aliphatic carbocycles. The number of anilines is 1. The summed E-state index contributed by atoms with van der Waals surface area (Å²) >= 11 is 1.47. The van der Waals surface area contributed by atoms with Crippen LogP contribution in [0.1, 0.15) is 17.4 Å². The Morgan fingerprint density at radius 3 is 2.73 bits per heavy atom. The highest BCUT2D eigenvalue weighted by molar-refractivity contribution is 7.12. The van der Waals surface area contributed by atoms with Gasteiger partial charge in [-0.1, -0.05) is 18.2 Å². The Labute approximate surface area is 155 Å². The molecule has 0 saturated carbocycles. The van der Waals surface area contributed by atoms with Crippen molar-refractivity contribution in [2.45, 2.75) is 6.92 Å². The Hall–Kier alpha value is -2.93. The summed E-state index contributed by atoms with van der Waals surface area (Å²) < 4.78 is 10.2. The first-order valence-corrected chi connectivity index (χ1v) is 8.92. The zero-order valence-electron chi connectivity index (χ0n) is 14.5. The summed E-state index contributed by atoms with van der Waals surface area (Å²) in [5, 5.41) is 1.91. The second-order valence-electron chi connectivity index (χ2n) is 5.67. The third-order valence-corrected chi connectivity index (χ3v) is 4.58. The van der Waals surface area contributed by atoms with Crippen LogP contribution in [0.15, 0.2) is 52.5 Å². The Morgan fingerprint density at radius 1 is 1.31 bits per heavy atom. The van der Waals surface area contributed by atoms with Gasteiger partial charge < -0.3 is 14.4 Å². The fourth-order valence-corrected chi connectivity index (χ4v) is 3.00. The summed E-state index contributed by atoms with van der Waals surface area (Å²) in [5.74, 6) is -0.389. The SMILES string of the molecule is CC(=O)OCCN(C)c1ccc(/C=C2\N=C(c3cccs3)OC2=O)cc1. The molecule has 7 heteroatoms. The monoisotopic (exact) mass is 370 g/mol. The molecule has 0 N–H and O–H groups in total. The van der Waals surface area contributed by atoms with E-state index in [0.29, 0.717) is 19.0 Å². The van der Waals surface area contributed by atoms with Crippen LogP contribution in [-0.2, 0) is 19.1 Å². The number of thiophene rings is 1. The molecule has 0 amide bonds. The summed E-state index contributed by atoms with van der Waals surface area (Å²) in [6.45, 7) is 2.33. The minimum Gasteiger partial charge on any atom is -0.464 e. The molecule has 0 unspecified atom stereocenters. The van der Waals surface area contributed by atoms with Gasteiger partial charge >= 0.3 is 11.9 Å². The molecule has 6 nitrogen and oxygen atoms in total. The molecule has 0 fully saturated rings. The fraction of sp³-hybridized carbons (Fsp3) is 0.211. The van der Waals surface area contributed by atoms with Gasteiger partial charge in [0.15, 0.2) is 5.70 Å². The van der Waals surface area contributed by atoms with Gasteiger partial charge in [0.25, 0.3) is 0 Å². The van der Waals surface area contributed by atoms with Gasteiger partial charge in [-0.25, -0.2) is 9.79 Å². The van der Waals surface area contributed by atoms with Crippen LogP contribution >= 0.6 is 11.3 Å². The van der Waals surface area contributed by atoms with E-state index in [1.54, 1.807) is 6.08 Å². The largest absolute Gasteiger partial charge is 0.464 e. The molecule has 2 aromatic rings. The van der Waals surface area contributed by atoms with Crippen LogP contribution < -0.4 is 4.90 Å². The van der Waals surface area contributed by atoms with Gasteiger partial charge in [-0.15, -0.1) is 11.3 Å². The lowest BCUT2D eigenvalue weighted by Gasteiger charge is -2.19. The minimum absolute atomic E-state index is 0.282. The maximum Gasteiger partial charge on any atom is 0.363 e. The minimum atomic E-state index is -0.448. The molecule has 26 heavy (non-hydrogen) atoms. The molecule has 2 heterocycles. The number of hydrogen-bond donors (Lipinski definition) is 0. The first kappa shape index (κ1) is 17.9. The fourth-order valence-electron chi connectivity index (χ4n) is 2.35. The topological polar surface area (TPSA) is 68.2 Å². The van der Waals surface area contributed by atoms with E-state index in [1.807, 2.05) is 53.7 Å². The molecule has 0 atom stereocenters. The number of carbonyl (C=O) groups is 2. The van der Waals surface area contributed by atoms with E-state index in [4.69, 9.17) is 9.47 Å². The van der Waals surface area contributed by atoms with E-state index in [1.165, 1.54) is 18.3 Å². The predicted octanol–water partition coefficient (Wildman–Crippen LogP) is 3.09. The van der Waals surface area contributed by atoms with Crippen molar-refractivity contribution in [3.63, 3.8) is 0 Å². The highest BCUT2D eigenvalue weighted by atomic mass is 32.1. The Morgan fingerprint density at radius 2 is 2.08 bits per heavy atom. The van der Waals surface area contributed by atoms with E-state index in [0.717, 1.165) is 16.1 Å². The second-order valence-corrected chi connectivity index (χ2v) is 6.61. The van der Waals surface area contributed by atoms with Crippen molar-refractivity contribution in [3.8, 4) is 0 Å². The van der Waals surface area contributed by atoms with Crippen LogP contribution in [0.2, 0.25) is 0 Å². The number of esters is 2. The molecule has 1 aromatic heterocycles. The number of likely N-dealkylation sites (N-methyl/N-ethyl adjacent to an activating group) is 1. The van der Waals surface area contributed by atoms with Crippen molar-refractivity contribution in [1.29, 1.82) is 0 Å². The number of rotatable bonds is 6. The quantitative estimate of drug-likeness (QED) is 0.577. The zero-order valence-corrected chi connectivity index (χ0v) is 15.3. The number of nitrogens with zero attached hydrogens (tertiary/aromatic N) is 2. The second kappa shape index (κ2) is 7.97. The van der Waals surface area contributed by atoms with Crippen LogP contribution in [-0.4, -0.2) is 38.0 Å². The molecule has 134 valence electrons. The van der Waals surface area contributed by atoms with E-state index in [-0.39, 0.29) is 11.7 Å². The van der Waals surface area contributed by atoms with Gasteiger partial charge in [0.05, 0.1) is 11.4 Å². The number of hydrogen-bond acceptors (Lipinski definition) is 7. The standard InChI is InChI=1S/C19H18N2O4S/c1-13(22)24-10-9-21(2)15-7-5-14(6-8-15)12-16-19(23)25-18(20-16)17-4-3-11-26-17/h3-8,11-12H,9-10H2,1-2H3/b16-12-. The van der Waals surface area contributed by atoms with Gasteiger partial charge in [0, 0.05) is 19.7 Å². The van der Waals surface area contributed by atoms with Crippen molar-refractivity contribution in [1.82, 2.24) is 0 Å². The summed E-state index contributed by atoms with van der Waals surface area (Å²) in [6, 6.07) is 11.4. The third kappa shape index (κ3) is 4.37. The molecular weight excluding hydrogens is 352 g/mol. The molecule has 1 aromatic carbocycles. The van der Waals surface area contributed by atoms with E-state index in [9.17, 15) is 9.59 Å². The molecule has 0 saturated heterocycles. The van der Waals surface area contributed by atoms with Gasteiger partial charge in [-0.3, -0.25) is 4.79 Å². The zero-order chi connectivity index (χ0) is 18.5. The maximum atomic E-state index is 12.0. The smallest absolute Gasteiger partial charge is 0.363 e. The van der Waals surface area contributed by atoms with E-state index >= 15 is 0 Å². The molecule has 1 aliphatic heterocycles. The van der Waals surface area contributed by atoms with Gasteiger partial charge in [-0.2, -0.15) is 0 Å². The normalized spacial score (nSPS) is 14.9.